The molecule has 8 atom stereocenters. The molecule has 1 saturated heterocycles. The second-order valence-corrected chi connectivity index (χ2v) is 20.7. The van der Waals surface area contributed by atoms with Gasteiger partial charge in [0.2, 0.25) is 5.91 Å². The molecular formula is C62H111NO10. The van der Waals surface area contributed by atoms with E-state index < -0.39 is 67.4 Å². The number of allylic oxidation sites excluding steroid dienone is 9. The maximum atomic E-state index is 13.4. The van der Waals surface area contributed by atoms with E-state index in [1.807, 2.05) is 6.08 Å². The van der Waals surface area contributed by atoms with Crippen molar-refractivity contribution in [3.8, 4) is 0 Å². The normalized spacial score (nSPS) is 19.8. The summed E-state index contributed by atoms with van der Waals surface area (Å²) in [6, 6.07) is -1.03. The van der Waals surface area contributed by atoms with E-state index in [0.29, 0.717) is 12.8 Å². The first-order chi connectivity index (χ1) is 35.7. The number of esters is 1. The van der Waals surface area contributed by atoms with Crippen LogP contribution in [-0.4, -0.2) is 99.6 Å². The summed E-state index contributed by atoms with van der Waals surface area (Å²) in [5.74, 6) is -1.21. The van der Waals surface area contributed by atoms with Crippen molar-refractivity contribution in [3.05, 3.63) is 60.8 Å². The van der Waals surface area contributed by atoms with E-state index in [0.717, 1.165) is 103 Å². The fraction of sp³-hybridized carbons (Fsp3) is 0.806. The Balaban J connectivity index is 2.70. The molecule has 0 saturated carbocycles. The number of amides is 1. The van der Waals surface area contributed by atoms with E-state index in [1.54, 1.807) is 6.08 Å². The maximum Gasteiger partial charge on any atom is 0.306 e. The number of carbonyl (C=O) groups excluding carboxylic acids is 2. The Morgan fingerprint density at radius 1 is 0.534 bits per heavy atom. The van der Waals surface area contributed by atoms with Crippen molar-refractivity contribution in [3.63, 3.8) is 0 Å². The molecular weight excluding hydrogens is 919 g/mol. The van der Waals surface area contributed by atoms with E-state index in [1.165, 1.54) is 109 Å². The SMILES string of the molecule is CCCCC/C=C\C/C=C\CCCCCCCCCC(=O)OC1C(OCC(NC(=O)C(O)CCCCCCCC/C=C\C/C=C\CCCCC)C(O)/C=C/CCCCCCCCCCC)OC(CO)C(O)C1O. The summed E-state index contributed by atoms with van der Waals surface area (Å²) in [7, 11) is 0. The Hall–Kier alpha value is -2.64. The highest BCUT2D eigenvalue weighted by atomic mass is 16.7. The second kappa shape index (κ2) is 50.2. The summed E-state index contributed by atoms with van der Waals surface area (Å²) in [5, 5.41) is 56.9. The third kappa shape index (κ3) is 38.5. The zero-order valence-corrected chi connectivity index (χ0v) is 46.7. The number of hydrogen-bond donors (Lipinski definition) is 6. The standard InChI is InChI=1S/C62H111NO10/c1-4-7-10-13-16-19-22-24-26-28-30-32-35-38-41-44-47-50-57(67)73-60-59(69)58(68)56(51-64)72-62(60)71-52-53(54(65)48-45-42-39-36-33-21-18-15-12-9-6-3)63-61(70)55(66)49-46-43-40-37-34-31-29-27-25-23-20-17-14-11-8-5-2/h16-17,19-20,24-27,45,48,53-56,58-60,62,64-66,68-69H,4-15,18,21-23,28-44,46-47,49-52H2,1-3H3,(H,63,70)/b19-16-,20-17-,26-24-,27-25-,48-45+. The minimum atomic E-state index is -1.62. The van der Waals surface area contributed by atoms with Crippen molar-refractivity contribution in [1.29, 1.82) is 0 Å². The molecule has 0 aliphatic carbocycles. The van der Waals surface area contributed by atoms with Crippen molar-refractivity contribution in [1.82, 2.24) is 5.32 Å². The summed E-state index contributed by atoms with van der Waals surface area (Å²) in [6.45, 7) is 5.72. The molecule has 1 heterocycles. The van der Waals surface area contributed by atoms with Gasteiger partial charge in [0, 0.05) is 6.42 Å². The molecule has 1 rings (SSSR count). The van der Waals surface area contributed by atoms with Gasteiger partial charge < -0.3 is 45.1 Å². The van der Waals surface area contributed by atoms with Crippen LogP contribution in [0.2, 0.25) is 0 Å². The predicted octanol–water partition coefficient (Wildman–Crippen LogP) is 13.8. The average molecular weight is 1030 g/mol. The van der Waals surface area contributed by atoms with Gasteiger partial charge in [0.1, 0.15) is 24.4 Å². The van der Waals surface area contributed by atoms with Crippen molar-refractivity contribution in [2.75, 3.05) is 13.2 Å². The number of unbranched alkanes of at least 4 members (excludes halogenated alkanes) is 28. The zero-order chi connectivity index (χ0) is 53.3. The fourth-order valence-electron chi connectivity index (χ4n) is 9.06. The van der Waals surface area contributed by atoms with Gasteiger partial charge in [-0.05, 0) is 89.9 Å². The lowest BCUT2D eigenvalue weighted by atomic mass is 9.99. The molecule has 0 radical (unpaired) electrons. The number of nitrogens with one attached hydrogen (secondary N) is 1. The summed E-state index contributed by atoms with van der Waals surface area (Å²) in [5.41, 5.74) is 0. The Bertz CT molecular complexity index is 1420. The molecule has 0 aromatic rings. The Morgan fingerprint density at radius 2 is 0.945 bits per heavy atom. The first kappa shape index (κ1) is 68.4. The highest BCUT2D eigenvalue weighted by Gasteiger charge is 2.47. The molecule has 0 aromatic carbocycles. The highest BCUT2D eigenvalue weighted by molar-refractivity contribution is 5.80. The molecule has 1 fully saturated rings. The Morgan fingerprint density at radius 3 is 1.42 bits per heavy atom. The van der Waals surface area contributed by atoms with E-state index in [9.17, 15) is 35.1 Å². The molecule has 11 nitrogen and oxygen atoms in total. The molecule has 1 amide bonds. The molecule has 1 aliphatic heterocycles. The lowest BCUT2D eigenvalue weighted by Crippen LogP contribution is -2.61. The lowest BCUT2D eigenvalue weighted by Gasteiger charge is -2.41. The summed E-state index contributed by atoms with van der Waals surface area (Å²) >= 11 is 0. The van der Waals surface area contributed by atoms with Crippen molar-refractivity contribution in [2.24, 2.45) is 0 Å². The van der Waals surface area contributed by atoms with Gasteiger partial charge in [0.15, 0.2) is 12.4 Å². The van der Waals surface area contributed by atoms with Crippen molar-refractivity contribution < 1.29 is 49.3 Å². The van der Waals surface area contributed by atoms with E-state index in [2.05, 4.69) is 74.7 Å². The van der Waals surface area contributed by atoms with Crippen LogP contribution in [0.1, 0.15) is 258 Å². The van der Waals surface area contributed by atoms with Crippen LogP contribution in [0.4, 0.5) is 0 Å². The fourth-order valence-corrected chi connectivity index (χ4v) is 9.06. The summed E-state index contributed by atoms with van der Waals surface area (Å²) < 4.78 is 17.6. The monoisotopic (exact) mass is 1030 g/mol. The maximum absolute atomic E-state index is 13.4. The van der Waals surface area contributed by atoms with Crippen LogP contribution in [-0.2, 0) is 23.8 Å². The van der Waals surface area contributed by atoms with Crippen LogP contribution in [0, 0.1) is 0 Å². The molecule has 0 spiro atoms. The first-order valence-electron chi connectivity index (χ1n) is 30.1. The molecule has 6 N–H and O–H groups in total. The molecule has 8 unspecified atom stereocenters. The molecule has 0 aromatic heterocycles. The third-order valence-corrected chi connectivity index (χ3v) is 13.9. The van der Waals surface area contributed by atoms with Crippen LogP contribution in [0.15, 0.2) is 60.8 Å². The number of aliphatic hydroxyl groups excluding tert-OH is 5. The minimum Gasteiger partial charge on any atom is -0.454 e. The van der Waals surface area contributed by atoms with Crippen LogP contribution in [0.25, 0.3) is 0 Å². The number of carbonyl (C=O) groups is 2. The largest absolute Gasteiger partial charge is 0.454 e. The summed E-state index contributed by atoms with van der Waals surface area (Å²) in [4.78, 5) is 26.5. The number of ether oxygens (including phenoxy) is 3. The quantitative estimate of drug-likeness (QED) is 0.0195. The third-order valence-electron chi connectivity index (χ3n) is 13.9. The number of aliphatic hydroxyl groups is 5. The number of hydrogen-bond acceptors (Lipinski definition) is 10. The Labute approximate surface area is 446 Å². The van der Waals surface area contributed by atoms with Gasteiger partial charge in [0.25, 0.3) is 0 Å². The van der Waals surface area contributed by atoms with Crippen molar-refractivity contribution in [2.45, 2.75) is 307 Å². The lowest BCUT2D eigenvalue weighted by molar-refractivity contribution is -0.305. The van der Waals surface area contributed by atoms with Crippen LogP contribution in [0.5, 0.6) is 0 Å². The molecule has 1 aliphatic rings. The van der Waals surface area contributed by atoms with Gasteiger partial charge in [-0.25, -0.2) is 0 Å². The van der Waals surface area contributed by atoms with Crippen LogP contribution < -0.4 is 5.32 Å². The smallest absolute Gasteiger partial charge is 0.306 e. The van der Waals surface area contributed by atoms with E-state index in [-0.39, 0.29) is 19.4 Å². The van der Waals surface area contributed by atoms with Crippen LogP contribution in [0.3, 0.4) is 0 Å². The van der Waals surface area contributed by atoms with E-state index in [4.69, 9.17) is 14.2 Å². The van der Waals surface area contributed by atoms with Gasteiger partial charge in [0.05, 0.1) is 25.4 Å². The first-order valence-corrected chi connectivity index (χ1v) is 30.1. The topological polar surface area (TPSA) is 175 Å². The average Bonchev–Trinajstić information content (AvgIpc) is 3.39. The Kier molecular flexibility index (Phi) is 47.0. The summed E-state index contributed by atoms with van der Waals surface area (Å²) in [6.07, 6.45) is 51.1. The predicted molar refractivity (Wildman–Crippen MR) is 301 cm³/mol. The van der Waals surface area contributed by atoms with Gasteiger partial charge in [-0.1, -0.05) is 223 Å². The molecule has 424 valence electrons. The van der Waals surface area contributed by atoms with Crippen molar-refractivity contribution >= 4 is 11.9 Å². The highest BCUT2D eigenvalue weighted by Crippen LogP contribution is 2.26. The van der Waals surface area contributed by atoms with E-state index >= 15 is 0 Å². The van der Waals surface area contributed by atoms with Gasteiger partial charge >= 0.3 is 5.97 Å². The molecule has 73 heavy (non-hydrogen) atoms. The second-order valence-electron chi connectivity index (χ2n) is 20.7. The minimum absolute atomic E-state index is 0.113. The van der Waals surface area contributed by atoms with Gasteiger partial charge in [-0.3, -0.25) is 9.59 Å². The molecule has 0 bridgehead atoms. The number of rotatable bonds is 50. The zero-order valence-electron chi connectivity index (χ0n) is 46.7. The van der Waals surface area contributed by atoms with Gasteiger partial charge in [-0.2, -0.15) is 0 Å². The van der Waals surface area contributed by atoms with Gasteiger partial charge in [-0.15, -0.1) is 0 Å². The van der Waals surface area contributed by atoms with Crippen LogP contribution >= 0.6 is 0 Å². The molecule has 11 heteroatoms.